The third-order valence-electron chi connectivity index (χ3n) is 5.69. The molecule has 2 heteroatoms. The van der Waals surface area contributed by atoms with Gasteiger partial charge in [-0.05, 0) is 52.2 Å². The quantitative estimate of drug-likeness (QED) is 0.808. The Morgan fingerprint density at radius 2 is 1.94 bits per heavy atom. The average Bonchev–Trinajstić information content (AvgIpc) is 2.27. The normalized spacial score (nSPS) is 35.5. The summed E-state index contributed by atoms with van der Waals surface area (Å²) in [5.41, 5.74) is 0.405. The molecule has 0 aliphatic heterocycles. The third-order valence-corrected chi connectivity index (χ3v) is 5.69. The first-order valence-corrected chi connectivity index (χ1v) is 7.93. The van der Waals surface area contributed by atoms with Crippen LogP contribution in [0.3, 0.4) is 0 Å². The van der Waals surface area contributed by atoms with E-state index < -0.39 is 0 Å². The predicted octanol–water partition coefficient (Wildman–Crippen LogP) is 3.28. The zero-order valence-corrected chi connectivity index (χ0v) is 12.8. The summed E-state index contributed by atoms with van der Waals surface area (Å²) in [5.74, 6) is 1.88. The van der Waals surface area contributed by atoms with Crippen molar-refractivity contribution in [3.8, 4) is 0 Å². The second kappa shape index (κ2) is 5.92. The molecule has 0 aromatic rings. The second-order valence-corrected chi connectivity index (χ2v) is 7.07. The second-order valence-electron chi connectivity index (χ2n) is 7.07. The molecule has 18 heavy (non-hydrogen) atoms. The Hall–Kier alpha value is -0.0800. The molecule has 2 saturated carbocycles. The van der Waals surface area contributed by atoms with Crippen LogP contribution < -0.4 is 5.32 Å². The van der Waals surface area contributed by atoms with Crippen molar-refractivity contribution in [2.45, 2.75) is 69.9 Å². The van der Waals surface area contributed by atoms with Crippen LogP contribution in [0.1, 0.15) is 58.3 Å². The first-order valence-electron chi connectivity index (χ1n) is 7.93. The minimum absolute atomic E-state index is 0.405. The fourth-order valence-electron chi connectivity index (χ4n) is 4.27. The molecular weight excluding hydrogens is 220 g/mol. The summed E-state index contributed by atoms with van der Waals surface area (Å²) in [6.07, 6.45) is 11.4. The van der Waals surface area contributed by atoms with E-state index in [1.54, 1.807) is 0 Å². The highest BCUT2D eigenvalue weighted by molar-refractivity contribution is 5.02. The van der Waals surface area contributed by atoms with E-state index in [-0.39, 0.29) is 0 Å². The lowest BCUT2D eigenvalue weighted by Gasteiger charge is -2.51. The topological polar surface area (TPSA) is 15.3 Å². The molecule has 3 atom stereocenters. The lowest BCUT2D eigenvalue weighted by atomic mass is 9.67. The van der Waals surface area contributed by atoms with Crippen LogP contribution >= 0.6 is 0 Å². The van der Waals surface area contributed by atoms with E-state index in [9.17, 15) is 0 Å². The maximum Gasteiger partial charge on any atom is 0.0358 e. The summed E-state index contributed by atoms with van der Waals surface area (Å²) >= 11 is 0. The van der Waals surface area contributed by atoms with Crippen LogP contribution in [0.2, 0.25) is 0 Å². The Labute approximate surface area is 114 Å². The number of nitrogens with one attached hydrogen (secondary N) is 1. The number of rotatable bonds is 5. The van der Waals surface area contributed by atoms with Crippen LogP contribution in [0.25, 0.3) is 0 Å². The molecule has 3 unspecified atom stereocenters. The predicted molar refractivity (Wildman–Crippen MR) is 78.9 cm³/mol. The largest absolute Gasteiger partial charge is 0.315 e. The van der Waals surface area contributed by atoms with Gasteiger partial charge in [0.1, 0.15) is 0 Å². The van der Waals surface area contributed by atoms with Crippen LogP contribution in [0.4, 0.5) is 0 Å². The molecule has 2 nitrogen and oxygen atoms in total. The highest BCUT2D eigenvalue weighted by Gasteiger charge is 2.43. The lowest BCUT2D eigenvalue weighted by molar-refractivity contribution is 0.0260. The minimum atomic E-state index is 0.405. The Kier molecular flexibility index (Phi) is 4.71. The fourth-order valence-corrected chi connectivity index (χ4v) is 4.27. The summed E-state index contributed by atoms with van der Waals surface area (Å²) in [4.78, 5) is 2.53. The van der Waals surface area contributed by atoms with Gasteiger partial charge in [0.05, 0.1) is 0 Å². The molecule has 2 fully saturated rings. The van der Waals surface area contributed by atoms with Gasteiger partial charge in [0, 0.05) is 11.6 Å². The number of hydrogen-bond donors (Lipinski definition) is 1. The van der Waals surface area contributed by atoms with E-state index in [4.69, 9.17) is 0 Å². The van der Waals surface area contributed by atoms with Gasteiger partial charge in [0.2, 0.25) is 0 Å². The Morgan fingerprint density at radius 3 is 2.39 bits per heavy atom. The van der Waals surface area contributed by atoms with E-state index in [0.717, 1.165) is 11.8 Å². The molecule has 2 aliphatic carbocycles. The summed E-state index contributed by atoms with van der Waals surface area (Å²) in [6, 6.07) is 0.681. The molecular formula is C16H32N2. The van der Waals surface area contributed by atoms with Gasteiger partial charge in [-0.15, -0.1) is 0 Å². The van der Waals surface area contributed by atoms with Crippen molar-refractivity contribution in [1.29, 1.82) is 0 Å². The first kappa shape index (κ1) is 14.3. The van der Waals surface area contributed by atoms with Crippen LogP contribution in [0, 0.1) is 11.8 Å². The van der Waals surface area contributed by atoms with E-state index in [1.165, 1.54) is 51.4 Å². The summed E-state index contributed by atoms with van der Waals surface area (Å²) in [5, 5.41) is 3.67. The molecule has 106 valence electrons. The van der Waals surface area contributed by atoms with Crippen molar-refractivity contribution in [2.75, 3.05) is 21.1 Å². The van der Waals surface area contributed by atoms with Crippen molar-refractivity contribution < 1.29 is 0 Å². The lowest BCUT2D eigenvalue weighted by Crippen LogP contribution is -2.61. The zero-order valence-electron chi connectivity index (χ0n) is 12.8. The first-order chi connectivity index (χ1) is 8.58. The Morgan fingerprint density at radius 1 is 1.22 bits per heavy atom. The summed E-state index contributed by atoms with van der Waals surface area (Å²) < 4.78 is 0. The molecule has 0 bridgehead atoms. The van der Waals surface area contributed by atoms with Gasteiger partial charge in [-0.25, -0.2) is 0 Å². The summed E-state index contributed by atoms with van der Waals surface area (Å²) in [6.45, 7) is 2.44. The Balaban J connectivity index is 2.09. The number of hydrogen-bond acceptors (Lipinski definition) is 2. The molecule has 0 aromatic heterocycles. The molecule has 0 saturated heterocycles. The van der Waals surface area contributed by atoms with Crippen molar-refractivity contribution in [2.24, 2.45) is 11.8 Å². The maximum atomic E-state index is 3.67. The van der Waals surface area contributed by atoms with Gasteiger partial charge in [-0.3, -0.25) is 0 Å². The smallest absolute Gasteiger partial charge is 0.0358 e. The highest BCUT2D eigenvalue weighted by atomic mass is 15.2. The van der Waals surface area contributed by atoms with Crippen molar-refractivity contribution in [3.05, 3.63) is 0 Å². The molecule has 2 rings (SSSR count). The highest BCUT2D eigenvalue weighted by Crippen LogP contribution is 2.42. The van der Waals surface area contributed by atoms with Gasteiger partial charge in [0.25, 0.3) is 0 Å². The number of likely N-dealkylation sites (N-methyl/N-ethyl adjacent to an activating group) is 2. The molecule has 0 amide bonds. The fraction of sp³-hybridized carbons (Fsp3) is 1.00. The molecule has 0 spiro atoms. The SMILES string of the molecule is CNC(CC1CCC1)C1(N(C)C)CCCC(C)C1. The monoisotopic (exact) mass is 252 g/mol. The van der Waals surface area contributed by atoms with Crippen LogP contribution in [0.15, 0.2) is 0 Å². The van der Waals surface area contributed by atoms with Gasteiger partial charge in [-0.1, -0.05) is 39.0 Å². The van der Waals surface area contributed by atoms with Crippen molar-refractivity contribution >= 4 is 0 Å². The molecule has 1 N–H and O–H groups in total. The van der Waals surface area contributed by atoms with E-state index >= 15 is 0 Å². The molecule has 0 heterocycles. The van der Waals surface area contributed by atoms with Gasteiger partial charge in [-0.2, -0.15) is 0 Å². The van der Waals surface area contributed by atoms with Gasteiger partial charge >= 0.3 is 0 Å². The minimum Gasteiger partial charge on any atom is -0.315 e. The van der Waals surface area contributed by atoms with E-state index in [0.29, 0.717) is 11.6 Å². The standard InChI is InChI=1S/C16H32N2/c1-13-7-6-10-16(12-13,18(3)4)15(17-2)11-14-8-5-9-14/h13-15,17H,5-12H2,1-4H3. The van der Waals surface area contributed by atoms with Crippen molar-refractivity contribution in [3.63, 3.8) is 0 Å². The van der Waals surface area contributed by atoms with Crippen LogP contribution in [-0.2, 0) is 0 Å². The molecule has 0 aromatic carbocycles. The van der Waals surface area contributed by atoms with Gasteiger partial charge in [0.15, 0.2) is 0 Å². The molecule has 2 aliphatic rings. The molecule has 0 radical (unpaired) electrons. The summed E-state index contributed by atoms with van der Waals surface area (Å²) in [7, 11) is 6.76. The van der Waals surface area contributed by atoms with Crippen molar-refractivity contribution in [1.82, 2.24) is 10.2 Å². The van der Waals surface area contributed by atoms with Crippen LogP contribution in [0.5, 0.6) is 0 Å². The van der Waals surface area contributed by atoms with E-state index in [2.05, 4.69) is 38.3 Å². The Bertz CT molecular complexity index is 260. The third kappa shape index (κ3) is 2.75. The maximum absolute atomic E-state index is 3.67. The number of nitrogens with zero attached hydrogens (tertiary/aromatic N) is 1. The van der Waals surface area contributed by atoms with E-state index in [1.807, 2.05) is 0 Å². The van der Waals surface area contributed by atoms with Crippen LogP contribution in [-0.4, -0.2) is 37.6 Å². The average molecular weight is 252 g/mol. The zero-order chi connectivity index (χ0) is 13.2. The van der Waals surface area contributed by atoms with Gasteiger partial charge < -0.3 is 10.2 Å².